The van der Waals surface area contributed by atoms with Gasteiger partial charge in [-0.3, -0.25) is 0 Å². The lowest BCUT2D eigenvalue weighted by Gasteiger charge is -2.04. The number of rotatable bonds is 4. The van der Waals surface area contributed by atoms with E-state index in [0.29, 0.717) is 21.4 Å². The normalized spacial score (nSPS) is 11.2. The van der Waals surface area contributed by atoms with Crippen LogP contribution in [0.15, 0.2) is 103 Å². The van der Waals surface area contributed by atoms with Gasteiger partial charge in [-0.05, 0) is 41.5 Å². The first kappa shape index (κ1) is 20.8. The van der Waals surface area contributed by atoms with Gasteiger partial charge < -0.3 is 9.97 Å². The molecule has 0 aliphatic carbocycles. The van der Waals surface area contributed by atoms with E-state index in [1.807, 2.05) is 36.4 Å². The summed E-state index contributed by atoms with van der Waals surface area (Å²) in [6.07, 6.45) is 0. The van der Waals surface area contributed by atoms with Gasteiger partial charge in [0.05, 0.1) is 32.3 Å². The van der Waals surface area contributed by atoms with Crippen LogP contribution in [0.5, 0.6) is 0 Å². The average molecular weight is 480 g/mol. The lowest BCUT2D eigenvalue weighted by Crippen LogP contribution is -1.83. The predicted molar refractivity (Wildman–Crippen MR) is 142 cm³/mol. The van der Waals surface area contributed by atoms with E-state index in [4.69, 9.17) is 28.2 Å². The van der Waals surface area contributed by atoms with Crippen LogP contribution in [0, 0.1) is 0 Å². The molecular formula is C29H19Cl2N3. The van der Waals surface area contributed by atoms with Gasteiger partial charge in [-0.15, -0.1) is 0 Å². The molecule has 0 fully saturated rings. The fourth-order valence-electron chi connectivity index (χ4n) is 4.31. The Morgan fingerprint density at radius 2 is 1.26 bits per heavy atom. The molecule has 0 saturated heterocycles. The monoisotopic (exact) mass is 479 g/mol. The number of nitrogens with one attached hydrogen (secondary N) is 2. The average Bonchev–Trinajstić information content (AvgIpc) is 3.49. The Kier molecular flexibility index (Phi) is 5.21. The van der Waals surface area contributed by atoms with Crippen molar-refractivity contribution in [3.8, 4) is 45.0 Å². The molecule has 0 atom stereocenters. The van der Waals surface area contributed by atoms with E-state index < -0.39 is 0 Å². The Morgan fingerprint density at radius 3 is 1.97 bits per heavy atom. The Balaban J connectivity index is 1.48. The molecule has 2 N–H and O–H groups in total. The lowest BCUT2D eigenvalue weighted by molar-refractivity contribution is 1.34. The minimum Gasteiger partial charge on any atom is -0.354 e. The molecule has 164 valence electrons. The number of fused-ring (bicyclic) bond motifs is 1. The maximum Gasteiger partial charge on any atom is 0.141 e. The van der Waals surface area contributed by atoms with Crippen LogP contribution in [0.2, 0.25) is 10.0 Å². The van der Waals surface area contributed by atoms with Crippen molar-refractivity contribution in [2.24, 2.45) is 0 Å². The number of aromatic nitrogens is 3. The molecule has 5 heteroatoms. The van der Waals surface area contributed by atoms with Gasteiger partial charge in [0, 0.05) is 16.8 Å². The number of H-pyrrole nitrogens is 2. The zero-order chi connectivity index (χ0) is 23.1. The van der Waals surface area contributed by atoms with E-state index >= 15 is 0 Å². The fourth-order valence-corrected chi connectivity index (χ4v) is 4.88. The van der Waals surface area contributed by atoms with E-state index in [2.05, 4.69) is 76.7 Å². The van der Waals surface area contributed by atoms with E-state index in [9.17, 15) is 0 Å². The lowest BCUT2D eigenvalue weighted by atomic mass is 10.0. The summed E-state index contributed by atoms with van der Waals surface area (Å²) in [6, 6.07) is 34.7. The molecule has 0 bridgehead atoms. The summed E-state index contributed by atoms with van der Waals surface area (Å²) in [4.78, 5) is 11.8. The molecule has 0 saturated carbocycles. The van der Waals surface area contributed by atoms with Crippen LogP contribution in [-0.2, 0) is 0 Å². The second-order valence-electron chi connectivity index (χ2n) is 8.12. The summed E-state index contributed by atoms with van der Waals surface area (Å²) in [7, 11) is 0. The van der Waals surface area contributed by atoms with Crippen molar-refractivity contribution < 1.29 is 0 Å². The maximum atomic E-state index is 6.41. The summed E-state index contributed by atoms with van der Waals surface area (Å²) < 4.78 is 0. The van der Waals surface area contributed by atoms with Crippen molar-refractivity contribution in [2.75, 3.05) is 0 Å². The molecule has 0 spiro atoms. The number of hydrogen-bond acceptors (Lipinski definition) is 1. The number of hydrogen-bond donors (Lipinski definition) is 2. The van der Waals surface area contributed by atoms with Crippen molar-refractivity contribution in [1.29, 1.82) is 0 Å². The second-order valence-corrected chi connectivity index (χ2v) is 8.93. The predicted octanol–water partition coefficient (Wildman–Crippen LogP) is 8.87. The Labute approximate surface area is 207 Å². The smallest absolute Gasteiger partial charge is 0.141 e. The van der Waals surface area contributed by atoms with E-state index in [1.54, 1.807) is 0 Å². The van der Waals surface area contributed by atoms with Gasteiger partial charge in [0.15, 0.2) is 0 Å². The molecular weight excluding hydrogens is 461 g/mol. The molecule has 4 aromatic carbocycles. The van der Waals surface area contributed by atoms with Gasteiger partial charge in [0.1, 0.15) is 5.82 Å². The minimum absolute atomic E-state index is 0.566. The van der Waals surface area contributed by atoms with Gasteiger partial charge in [0.25, 0.3) is 0 Å². The standard InChI is InChI=1S/C29H19Cl2N3/c30-22-12-7-13-23(31)27(22)29-33-24-15-14-20(16-26(24)34-29)25-17-21(18-8-3-1-4-9-18)28(32-25)19-10-5-2-6-11-19/h1-17,32H,(H,33,34). The SMILES string of the molecule is Clc1cccc(Cl)c1-c1nc2ccc(-c3cc(-c4ccccc4)c(-c4ccccc4)[nH]3)cc2[nH]1. The molecule has 34 heavy (non-hydrogen) atoms. The highest BCUT2D eigenvalue weighted by atomic mass is 35.5. The van der Waals surface area contributed by atoms with Crippen LogP contribution in [0.25, 0.3) is 56.1 Å². The largest absolute Gasteiger partial charge is 0.354 e. The van der Waals surface area contributed by atoms with Crippen LogP contribution in [0.1, 0.15) is 0 Å². The first-order chi connectivity index (χ1) is 16.7. The first-order valence-corrected chi connectivity index (χ1v) is 11.7. The molecule has 0 unspecified atom stereocenters. The van der Waals surface area contributed by atoms with Crippen molar-refractivity contribution in [3.05, 3.63) is 113 Å². The fraction of sp³-hybridized carbons (Fsp3) is 0. The van der Waals surface area contributed by atoms with Crippen LogP contribution >= 0.6 is 23.2 Å². The highest BCUT2D eigenvalue weighted by molar-refractivity contribution is 6.39. The van der Waals surface area contributed by atoms with Crippen molar-refractivity contribution >= 4 is 34.2 Å². The number of halogens is 2. The summed E-state index contributed by atoms with van der Waals surface area (Å²) in [5, 5.41) is 1.13. The van der Waals surface area contributed by atoms with Gasteiger partial charge in [0.2, 0.25) is 0 Å². The molecule has 0 radical (unpaired) electrons. The zero-order valence-electron chi connectivity index (χ0n) is 18.0. The van der Waals surface area contributed by atoms with Gasteiger partial charge in [-0.25, -0.2) is 4.98 Å². The summed E-state index contributed by atoms with van der Waals surface area (Å²) in [5.74, 6) is 0.657. The highest BCUT2D eigenvalue weighted by Crippen LogP contribution is 2.37. The highest BCUT2D eigenvalue weighted by Gasteiger charge is 2.16. The molecule has 2 heterocycles. The van der Waals surface area contributed by atoms with Crippen LogP contribution in [-0.4, -0.2) is 15.0 Å². The van der Waals surface area contributed by atoms with E-state index in [-0.39, 0.29) is 0 Å². The minimum atomic E-state index is 0.566. The molecule has 6 aromatic rings. The van der Waals surface area contributed by atoms with Crippen LogP contribution in [0.3, 0.4) is 0 Å². The molecule has 3 nitrogen and oxygen atoms in total. The Hall–Kier alpha value is -3.79. The van der Waals surface area contributed by atoms with Crippen molar-refractivity contribution in [1.82, 2.24) is 15.0 Å². The summed E-state index contributed by atoms with van der Waals surface area (Å²) in [5.41, 5.74) is 9.14. The van der Waals surface area contributed by atoms with Gasteiger partial charge >= 0.3 is 0 Å². The Morgan fingerprint density at radius 1 is 0.588 bits per heavy atom. The number of nitrogens with zero attached hydrogens (tertiary/aromatic N) is 1. The topological polar surface area (TPSA) is 44.5 Å². The van der Waals surface area contributed by atoms with E-state index in [1.165, 1.54) is 5.56 Å². The number of benzene rings is 4. The quantitative estimate of drug-likeness (QED) is 0.260. The third-order valence-corrected chi connectivity index (χ3v) is 6.59. The summed E-state index contributed by atoms with van der Waals surface area (Å²) >= 11 is 12.8. The van der Waals surface area contributed by atoms with Crippen molar-refractivity contribution in [3.63, 3.8) is 0 Å². The summed E-state index contributed by atoms with van der Waals surface area (Å²) in [6.45, 7) is 0. The number of aromatic amines is 2. The molecule has 0 aliphatic rings. The Bertz CT molecular complexity index is 1540. The first-order valence-electron chi connectivity index (χ1n) is 11.0. The van der Waals surface area contributed by atoms with Gasteiger partial charge in [-0.1, -0.05) is 96.0 Å². The zero-order valence-corrected chi connectivity index (χ0v) is 19.5. The van der Waals surface area contributed by atoms with Crippen molar-refractivity contribution in [2.45, 2.75) is 0 Å². The third kappa shape index (κ3) is 3.69. The van der Waals surface area contributed by atoms with E-state index in [0.717, 1.165) is 39.1 Å². The molecule has 0 amide bonds. The van der Waals surface area contributed by atoms with Crippen LogP contribution in [0.4, 0.5) is 0 Å². The van der Waals surface area contributed by atoms with Crippen LogP contribution < -0.4 is 0 Å². The maximum absolute atomic E-state index is 6.41. The third-order valence-electron chi connectivity index (χ3n) is 5.96. The van der Waals surface area contributed by atoms with Gasteiger partial charge in [-0.2, -0.15) is 0 Å². The second kappa shape index (κ2) is 8.53. The molecule has 2 aromatic heterocycles. The molecule has 6 rings (SSSR count). The number of imidazole rings is 1. The molecule has 0 aliphatic heterocycles.